The molecule has 0 saturated carbocycles. The van der Waals surface area contributed by atoms with E-state index in [0.717, 1.165) is 26.1 Å². The van der Waals surface area contributed by atoms with Crippen LogP contribution in [0.4, 0.5) is 0 Å². The van der Waals surface area contributed by atoms with Gasteiger partial charge in [0, 0.05) is 39.0 Å². The summed E-state index contributed by atoms with van der Waals surface area (Å²) in [7, 11) is 1.80. The third-order valence-electron chi connectivity index (χ3n) is 5.56. The van der Waals surface area contributed by atoms with Crippen LogP contribution in [-0.2, 0) is 17.7 Å². The van der Waals surface area contributed by atoms with Crippen LogP contribution >= 0.6 is 0 Å². The lowest BCUT2D eigenvalue weighted by Gasteiger charge is -2.40. The molecule has 0 amide bonds. The summed E-state index contributed by atoms with van der Waals surface area (Å²) >= 11 is 0. The summed E-state index contributed by atoms with van der Waals surface area (Å²) in [6, 6.07) is 2.26. The maximum Gasteiger partial charge on any atom is 0.0628 e. The highest BCUT2D eigenvalue weighted by atomic mass is 16.5. The predicted octanol–water partition coefficient (Wildman–Crippen LogP) is 2.54. The third kappa shape index (κ3) is 4.58. The maximum absolute atomic E-state index is 5.26. The van der Waals surface area contributed by atoms with Crippen molar-refractivity contribution in [1.29, 1.82) is 0 Å². The van der Waals surface area contributed by atoms with Crippen LogP contribution in [0.25, 0.3) is 0 Å². The highest BCUT2D eigenvalue weighted by Gasteiger charge is 2.41. The van der Waals surface area contributed by atoms with Crippen molar-refractivity contribution in [3.05, 3.63) is 17.5 Å². The lowest BCUT2D eigenvalue weighted by molar-refractivity contribution is 0.0673. The van der Waals surface area contributed by atoms with E-state index in [9.17, 15) is 0 Å². The molecule has 5 heteroatoms. The molecule has 1 aromatic rings. The number of nitrogens with zero attached hydrogens (tertiary/aromatic N) is 3. The number of ether oxygens (including phenoxy) is 1. The smallest absolute Gasteiger partial charge is 0.0628 e. The van der Waals surface area contributed by atoms with E-state index in [4.69, 9.17) is 4.74 Å². The first kappa shape index (κ1) is 17.9. The van der Waals surface area contributed by atoms with Crippen LogP contribution in [-0.4, -0.2) is 66.4 Å². The van der Waals surface area contributed by atoms with Gasteiger partial charge in [-0.1, -0.05) is 13.8 Å². The van der Waals surface area contributed by atoms with Crippen LogP contribution in [0.3, 0.4) is 0 Å². The number of likely N-dealkylation sites (tertiary alicyclic amines) is 2. The zero-order valence-electron chi connectivity index (χ0n) is 15.7. The second-order valence-corrected chi connectivity index (χ2v) is 8.32. The van der Waals surface area contributed by atoms with Crippen LogP contribution in [0.2, 0.25) is 0 Å². The molecular weight excluding hydrogens is 300 g/mol. The van der Waals surface area contributed by atoms with Gasteiger partial charge in [-0.15, -0.1) is 0 Å². The number of H-pyrrole nitrogens is 1. The minimum absolute atomic E-state index is 0.507. The minimum Gasteiger partial charge on any atom is -0.383 e. The Morgan fingerprint density at radius 2 is 2.08 bits per heavy atom. The van der Waals surface area contributed by atoms with Gasteiger partial charge in [0.15, 0.2) is 0 Å². The molecule has 2 aliphatic heterocycles. The first-order chi connectivity index (χ1) is 11.6. The molecule has 3 heterocycles. The topological polar surface area (TPSA) is 44.4 Å². The van der Waals surface area contributed by atoms with E-state index < -0.39 is 0 Å². The molecule has 3 rings (SSSR count). The molecule has 2 aliphatic rings. The second kappa shape index (κ2) is 7.98. The summed E-state index contributed by atoms with van der Waals surface area (Å²) in [6.45, 7) is 12.4. The van der Waals surface area contributed by atoms with E-state index in [0.29, 0.717) is 11.3 Å². The van der Waals surface area contributed by atoms with Gasteiger partial charge in [0.2, 0.25) is 0 Å². The van der Waals surface area contributed by atoms with Gasteiger partial charge >= 0.3 is 0 Å². The maximum atomic E-state index is 5.26. The first-order valence-corrected chi connectivity index (χ1v) is 9.55. The van der Waals surface area contributed by atoms with Crippen LogP contribution in [0, 0.1) is 11.3 Å². The normalized spacial score (nSPS) is 26.0. The van der Waals surface area contributed by atoms with Crippen LogP contribution < -0.4 is 0 Å². The van der Waals surface area contributed by atoms with Crippen molar-refractivity contribution in [1.82, 2.24) is 20.0 Å². The van der Waals surface area contributed by atoms with E-state index in [2.05, 4.69) is 39.9 Å². The quantitative estimate of drug-likeness (QED) is 0.832. The van der Waals surface area contributed by atoms with Gasteiger partial charge in [-0.2, -0.15) is 5.10 Å². The van der Waals surface area contributed by atoms with E-state index in [1.54, 1.807) is 7.11 Å². The summed E-state index contributed by atoms with van der Waals surface area (Å²) in [5.74, 6) is 0.663. The zero-order chi connectivity index (χ0) is 17.0. The third-order valence-corrected chi connectivity index (χ3v) is 5.56. The molecule has 0 bridgehead atoms. The highest BCUT2D eigenvalue weighted by molar-refractivity contribution is 5.10. The van der Waals surface area contributed by atoms with E-state index in [1.165, 1.54) is 56.8 Å². The number of methoxy groups -OCH3 is 1. The van der Waals surface area contributed by atoms with Gasteiger partial charge in [0.1, 0.15) is 0 Å². The number of hydrogen-bond donors (Lipinski definition) is 1. The van der Waals surface area contributed by atoms with Crippen molar-refractivity contribution in [2.45, 2.75) is 46.1 Å². The van der Waals surface area contributed by atoms with E-state index >= 15 is 0 Å². The molecule has 1 unspecified atom stereocenters. The fourth-order valence-corrected chi connectivity index (χ4v) is 4.47. The SMILES string of the molecule is COCCN1CCCC2(CCN(Cc3cc(CC(C)C)n[nH]3)C2)C1. The van der Waals surface area contributed by atoms with Crippen molar-refractivity contribution >= 4 is 0 Å². The van der Waals surface area contributed by atoms with Gasteiger partial charge in [-0.25, -0.2) is 0 Å². The van der Waals surface area contributed by atoms with Crippen molar-refractivity contribution in [2.75, 3.05) is 46.4 Å². The average Bonchev–Trinajstić information content (AvgIpc) is 3.13. The summed E-state index contributed by atoms with van der Waals surface area (Å²) in [5, 5.41) is 7.72. The lowest BCUT2D eigenvalue weighted by atomic mass is 9.79. The second-order valence-electron chi connectivity index (χ2n) is 8.32. The number of hydrogen-bond acceptors (Lipinski definition) is 4. The largest absolute Gasteiger partial charge is 0.383 e. The van der Waals surface area contributed by atoms with Gasteiger partial charge in [-0.05, 0) is 56.2 Å². The van der Waals surface area contributed by atoms with Crippen molar-refractivity contribution in [2.24, 2.45) is 11.3 Å². The summed E-state index contributed by atoms with van der Waals surface area (Å²) in [4.78, 5) is 5.22. The fraction of sp³-hybridized carbons (Fsp3) is 0.842. The Hall–Kier alpha value is -0.910. The van der Waals surface area contributed by atoms with Crippen molar-refractivity contribution in [3.63, 3.8) is 0 Å². The highest BCUT2D eigenvalue weighted by Crippen LogP contribution is 2.39. The Balaban J connectivity index is 1.52. The molecule has 0 radical (unpaired) electrons. The summed E-state index contributed by atoms with van der Waals surface area (Å²) in [6.07, 6.45) is 5.12. The molecule has 5 nitrogen and oxygen atoms in total. The standard InChI is InChI=1S/C19H34N4O/c1-16(2)11-17-12-18(21-20-17)13-23-8-6-19(15-23)5-4-7-22(14-19)9-10-24-3/h12,16H,4-11,13-15H2,1-3H3,(H,20,21). The summed E-state index contributed by atoms with van der Waals surface area (Å²) < 4.78 is 5.26. The molecule has 0 aromatic carbocycles. The molecule has 0 aliphatic carbocycles. The number of aromatic nitrogens is 2. The Kier molecular flexibility index (Phi) is 5.95. The number of nitrogens with one attached hydrogen (secondary N) is 1. The molecule has 1 atom stereocenters. The molecule has 136 valence electrons. The first-order valence-electron chi connectivity index (χ1n) is 9.55. The van der Waals surface area contributed by atoms with E-state index in [1.807, 2.05) is 0 Å². The average molecular weight is 335 g/mol. The molecule has 1 N–H and O–H groups in total. The van der Waals surface area contributed by atoms with Crippen LogP contribution in [0.1, 0.15) is 44.5 Å². The van der Waals surface area contributed by atoms with Gasteiger partial charge < -0.3 is 9.64 Å². The molecule has 2 fully saturated rings. The predicted molar refractivity (Wildman–Crippen MR) is 97.0 cm³/mol. The number of rotatable bonds is 7. The Morgan fingerprint density at radius 1 is 1.25 bits per heavy atom. The van der Waals surface area contributed by atoms with Gasteiger partial charge in [0.25, 0.3) is 0 Å². The van der Waals surface area contributed by atoms with Crippen LogP contribution in [0.5, 0.6) is 0 Å². The fourth-order valence-electron chi connectivity index (χ4n) is 4.47. The monoisotopic (exact) mass is 334 g/mol. The molecule has 1 spiro atoms. The Bertz CT molecular complexity index is 515. The lowest BCUT2D eigenvalue weighted by Crippen LogP contribution is -2.45. The van der Waals surface area contributed by atoms with E-state index in [-0.39, 0.29) is 0 Å². The molecule has 1 aromatic heterocycles. The molecule has 2 saturated heterocycles. The van der Waals surface area contributed by atoms with Crippen molar-refractivity contribution < 1.29 is 4.74 Å². The Morgan fingerprint density at radius 3 is 2.88 bits per heavy atom. The Labute approximate surface area is 146 Å². The van der Waals surface area contributed by atoms with Gasteiger partial charge in [0.05, 0.1) is 12.3 Å². The zero-order valence-corrected chi connectivity index (χ0v) is 15.7. The summed E-state index contributed by atoms with van der Waals surface area (Å²) in [5.41, 5.74) is 2.99. The van der Waals surface area contributed by atoms with Crippen molar-refractivity contribution in [3.8, 4) is 0 Å². The van der Waals surface area contributed by atoms with Gasteiger partial charge in [-0.3, -0.25) is 10.00 Å². The molecule has 24 heavy (non-hydrogen) atoms. The minimum atomic E-state index is 0.507. The number of aromatic amines is 1. The van der Waals surface area contributed by atoms with Crippen LogP contribution in [0.15, 0.2) is 6.07 Å². The molecular formula is C19H34N4O. The number of piperidine rings is 1.